The molecule has 0 N–H and O–H groups in total. The van der Waals surface area contributed by atoms with Crippen LogP contribution in [-0.2, 0) is 0 Å². The van der Waals surface area contributed by atoms with Crippen molar-refractivity contribution in [1.82, 2.24) is 0 Å². The number of benzene rings is 1. The summed E-state index contributed by atoms with van der Waals surface area (Å²) in [5.41, 5.74) is 2.46. The van der Waals surface area contributed by atoms with E-state index in [1.807, 2.05) is 6.07 Å². The zero-order valence-corrected chi connectivity index (χ0v) is 10.3. The van der Waals surface area contributed by atoms with Crippen molar-refractivity contribution in [2.45, 2.75) is 12.8 Å². The van der Waals surface area contributed by atoms with Gasteiger partial charge in [0.1, 0.15) is 0 Å². The summed E-state index contributed by atoms with van der Waals surface area (Å²) < 4.78 is 0. The van der Waals surface area contributed by atoms with E-state index in [1.54, 1.807) is 12.1 Å². The van der Waals surface area contributed by atoms with E-state index in [2.05, 4.69) is 18.1 Å². The summed E-state index contributed by atoms with van der Waals surface area (Å²) in [5, 5.41) is 11.0. The van der Waals surface area contributed by atoms with E-state index in [0.29, 0.717) is 5.56 Å². The molecule has 2 rings (SSSR count). The van der Waals surface area contributed by atoms with Crippen LogP contribution in [0.3, 0.4) is 0 Å². The summed E-state index contributed by atoms with van der Waals surface area (Å²) in [4.78, 5) is 12.9. The van der Waals surface area contributed by atoms with E-state index in [0.717, 1.165) is 37.2 Å². The summed E-state index contributed by atoms with van der Waals surface area (Å²) in [6.07, 6.45) is 5.54. The van der Waals surface area contributed by atoms with Crippen molar-refractivity contribution in [3.05, 3.63) is 46.5 Å². The van der Waals surface area contributed by atoms with Gasteiger partial charge >= 0.3 is 0 Å². The van der Waals surface area contributed by atoms with E-state index >= 15 is 0 Å². The molecule has 0 aliphatic carbocycles. The largest absolute Gasteiger partial charge is 0.371 e. The lowest BCUT2D eigenvalue weighted by Crippen LogP contribution is -2.19. The fraction of sp³-hybridized carbons (Fsp3) is 0.286. The third-order valence-electron chi connectivity index (χ3n) is 3.29. The van der Waals surface area contributed by atoms with E-state index in [-0.39, 0.29) is 10.6 Å². The second kappa shape index (κ2) is 5.04. The highest BCUT2D eigenvalue weighted by Gasteiger charge is 2.21. The Kier molecular flexibility index (Phi) is 3.46. The highest BCUT2D eigenvalue weighted by atomic mass is 16.6. The van der Waals surface area contributed by atoms with Gasteiger partial charge < -0.3 is 4.90 Å². The molecule has 0 radical (unpaired) electrons. The van der Waals surface area contributed by atoms with Gasteiger partial charge in [-0.2, -0.15) is 0 Å². The molecule has 0 amide bonds. The number of nitro benzene ring substituents is 1. The maximum absolute atomic E-state index is 11.0. The van der Waals surface area contributed by atoms with Gasteiger partial charge in [0, 0.05) is 30.4 Å². The maximum Gasteiger partial charge on any atom is 0.277 e. The van der Waals surface area contributed by atoms with Crippen LogP contribution in [0, 0.1) is 10.1 Å². The van der Waals surface area contributed by atoms with Crippen molar-refractivity contribution in [2.24, 2.45) is 0 Å². The third kappa shape index (κ3) is 2.01. The van der Waals surface area contributed by atoms with Crippen LogP contribution < -0.4 is 4.90 Å². The third-order valence-corrected chi connectivity index (χ3v) is 3.29. The van der Waals surface area contributed by atoms with Gasteiger partial charge in [0.15, 0.2) is 0 Å². The Balaban J connectivity index is 2.58. The predicted molar refractivity (Wildman–Crippen MR) is 74.7 cm³/mol. The Bertz CT molecular complexity index is 503. The molecule has 0 aromatic heterocycles. The number of rotatable bonds is 4. The summed E-state index contributed by atoms with van der Waals surface area (Å²) in [6, 6.07) is 3.37. The smallest absolute Gasteiger partial charge is 0.277 e. The molecule has 4 heteroatoms. The Morgan fingerprint density at radius 1 is 1.17 bits per heavy atom. The molecule has 0 atom stereocenters. The molecule has 18 heavy (non-hydrogen) atoms. The van der Waals surface area contributed by atoms with Crippen LogP contribution in [0.25, 0.3) is 12.2 Å². The lowest BCUT2D eigenvalue weighted by atomic mass is 10.0. The molecule has 94 valence electrons. The first-order valence-corrected chi connectivity index (χ1v) is 6.00. The van der Waals surface area contributed by atoms with Crippen LogP contribution in [0.2, 0.25) is 0 Å². The fourth-order valence-corrected chi connectivity index (χ4v) is 2.44. The molecule has 1 heterocycles. The molecular weight excluding hydrogens is 228 g/mol. The van der Waals surface area contributed by atoms with Crippen molar-refractivity contribution in [3.8, 4) is 0 Å². The molecule has 0 bridgehead atoms. The van der Waals surface area contributed by atoms with Crippen molar-refractivity contribution in [2.75, 3.05) is 18.0 Å². The van der Waals surface area contributed by atoms with Gasteiger partial charge in [-0.25, -0.2) is 0 Å². The van der Waals surface area contributed by atoms with Crippen LogP contribution in [-0.4, -0.2) is 18.0 Å². The topological polar surface area (TPSA) is 46.4 Å². The van der Waals surface area contributed by atoms with Crippen LogP contribution in [0.5, 0.6) is 0 Å². The predicted octanol–water partition coefficient (Wildman–Crippen LogP) is 3.48. The number of hydrogen-bond acceptors (Lipinski definition) is 3. The van der Waals surface area contributed by atoms with Gasteiger partial charge in [-0.15, -0.1) is 0 Å². The molecule has 1 aliphatic heterocycles. The van der Waals surface area contributed by atoms with E-state index in [9.17, 15) is 10.1 Å². The Hall–Kier alpha value is -2.10. The monoisotopic (exact) mass is 244 g/mol. The molecule has 1 aliphatic rings. The maximum atomic E-state index is 11.0. The van der Waals surface area contributed by atoms with Gasteiger partial charge in [-0.3, -0.25) is 10.1 Å². The zero-order valence-electron chi connectivity index (χ0n) is 10.3. The van der Waals surface area contributed by atoms with Crippen molar-refractivity contribution < 1.29 is 4.92 Å². The first-order chi connectivity index (χ1) is 8.69. The molecular formula is C14H16N2O2. The number of nitro groups is 1. The lowest BCUT2D eigenvalue weighted by molar-refractivity contribution is -0.385. The SMILES string of the molecule is C=Cc1c(N2CCCC2)ccc([N+](=O)[O-])c1C=C. The summed E-state index contributed by atoms with van der Waals surface area (Å²) >= 11 is 0. The molecule has 1 aromatic carbocycles. The van der Waals surface area contributed by atoms with Gasteiger partial charge in [-0.1, -0.05) is 25.3 Å². The summed E-state index contributed by atoms with van der Waals surface area (Å²) in [7, 11) is 0. The van der Waals surface area contributed by atoms with Crippen LogP contribution >= 0.6 is 0 Å². The molecule has 0 unspecified atom stereocenters. The highest BCUT2D eigenvalue weighted by molar-refractivity contribution is 5.80. The Morgan fingerprint density at radius 2 is 1.78 bits per heavy atom. The number of nitrogens with zero attached hydrogens (tertiary/aromatic N) is 2. The highest BCUT2D eigenvalue weighted by Crippen LogP contribution is 2.34. The normalized spacial score (nSPS) is 14.6. The van der Waals surface area contributed by atoms with E-state index in [4.69, 9.17) is 0 Å². The van der Waals surface area contributed by atoms with Crippen LogP contribution in [0.4, 0.5) is 11.4 Å². The van der Waals surface area contributed by atoms with Gasteiger partial charge in [0.05, 0.1) is 10.5 Å². The summed E-state index contributed by atoms with van der Waals surface area (Å²) in [5.74, 6) is 0. The zero-order chi connectivity index (χ0) is 13.1. The molecule has 1 aromatic rings. The number of hydrogen-bond donors (Lipinski definition) is 0. The average Bonchev–Trinajstić information content (AvgIpc) is 2.90. The quantitative estimate of drug-likeness (QED) is 0.601. The molecule has 0 saturated carbocycles. The van der Waals surface area contributed by atoms with Crippen molar-refractivity contribution in [1.29, 1.82) is 0 Å². The Morgan fingerprint density at radius 3 is 2.28 bits per heavy atom. The molecule has 4 nitrogen and oxygen atoms in total. The minimum absolute atomic E-state index is 0.0860. The second-order valence-corrected chi connectivity index (χ2v) is 4.29. The first-order valence-electron chi connectivity index (χ1n) is 6.00. The van der Waals surface area contributed by atoms with Gasteiger partial charge in [0.2, 0.25) is 0 Å². The number of anilines is 1. The van der Waals surface area contributed by atoms with Crippen molar-refractivity contribution in [3.63, 3.8) is 0 Å². The minimum Gasteiger partial charge on any atom is -0.371 e. The van der Waals surface area contributed by atoms with Crippen molar-refractivity contribution >= 4 is 23.5 Å². The van der Waals surface area contributed by atoms with Crippen LogP contribution in [0.15, 0.2) is 25.3 Å². The van der Waals surface area contributed by atoms with Gasteiger partial charge in [0.25, 0.3) is 5.69 Å². The first kappa shape index (κ1) is 12.4. The average molecular weight is 244 g/mol. The van der Waals surface area contributed by atoms with Gasteiger partial charge in [-0.05, 0) is 18.9 Å². The second-order valence-electron chi connectivity index (χ2n) is 4.29. The summed E-state index contributed by atoms with van der Waals surface area (Å²) in [6.45, 7) is 9.45. The van der Waals surface area contributed by atoms with E-state index < -0.39 is 0 Å². The molecule has 0 spiro atoms. The molecule has 1 saturated heterocycles. The standard InChI is InChI=1S/C14H16N2O2/c1-3-11-12(4-2)14(16(17)18)8-7-13(11)15-9-5-6-10-15/h3-4,7-8H,1-2,5-6,9-10H2. The Labute approximate surface area is 106 Å². The van der Waals surface area contributed by atoms with Crippen LogP contribution in [0.1, 0.15) is 24.0 Å². The van der Waals surface area contributed by atoms with E-state index in [1.165, 1.54) is 6.08 Å². The fourth-order valence-electron chi connectivity index (χ4n) is 2.44. The lowest BCUT2D eigenvalue weighted by Gasteiger charge is -2.21. The minimum atomic E-state index is -0.377. The molecule has 1 fully saturated rings.